The molecule has 1 unspecified atom stereocenters. The molecule has 2 aromatic rings. The van der Waals surface area contributed by atoms with E-state index < -0.39 is 0 Å². The molecule has 0 spiro atoms. The summed E-state index contributed by atoms with van der Waals surface area (Å²) in [5, 5.41) is 0. The quantitative estimate of drug-likeness (QED) is 0.688. The predicted octanol–water partition coefficient (Wildman–Crippen LogP) is 4.37. The molecule has 1 aliphatic rings. The van der Waals surface area contributed by atoms with Crippen molar-refractivity contribution in [2.24, 2.45) is 17.6 Å². The molecule has 1 fully saturated rings. The maximum atomic E-state index is 6.21. The van der Waals surface area contributed by atoms with Crippen LogP contribution in [-0.2, 0) is 13.0 Å². The highest BCUT2D eigenvalue weighted by atomic mass is 16.5. The number of rotatable bonds is 10. The van der Waals surface area contributed by atoms with E-state index >= 15 is 0 Å². The zero-order valence-electron chi connectivity index (χ0n) is 15.9. The average Bonchev–Trinajstić information content (AvgIpc) is 3.46. The molecule has 0 radical (unpaired) electrons. The highest BCUT2D eigenvalue weighted by molar-refractivity contribution is 5.35. The van der Waals surface area contributed by atoms with E-state index in [1.54, 1.807) is 0 Å². The molecule has 1 aromatic heterocycles. The van der Waals surface area contributed by atoms with Gasteiger partial charge in [-0.2, -0.15) is 0 Å². The Balaban J connectivity index is 1.67. The Kier molecular flexibility index (Phi) is 6.51. The van der Waals surface area contributed by atoms with E-state index in [0.717, 1.165) is 30.0 Å². The second-order valence-electron chi connectivity index (χ2n) is 7.57. The highest BCUT2D eigenvalue weighted by Crippen LogP contribution is 2.33. The minimum absolute atomic E-state index is 0.0953. The van der Waals surface area contributed by atoms with Crippen molar-refractivity contribution >= 4 is 0 Å². The van der Waals surface area contributed by atoms with Crippen molar-refractivity contribution in [1.29, 1.82) is 0 Å². The largest absolute Gasteiger partial charge is 0.483 e. The van der Waals surface area contributed by atoms with E-state index in [1.165, 1.54) is 12.8 Å². The van der Waals surface area contributed by atoms with E-state index in [1.807, 2.05) is 30.3 Å². The summed E-state index contributed by atoms with van der Waals surface area (Å²) in [6.45, 7) is 5.47. The molecule has 0 aliphatic heterocycles. The molecule has 4 heteroatoms. The number of benzene rings is 1. The van der Waals surface area contributed by atoms with Crippen LogP contribution in [0.1, 0.15) is 44.4 Å². The van der Waals surface area contributed by atoms with Gasteiger partial charge in [0.05, 0.1) is 6.61 Å². The summed E-state index contributed by atoms with van der Waals surface area (Å²) in [5.41, 5.74) is 8.29. The van der Waals surface area contributed by atoms with Crippen LogP contribution in [0.25, 0.3) is 0 Å². The average molecular weight is 354 g/mol. The molecule has 140 valence electrons. The van der Waals surface area contributed by atoms with Crippen LogP contribution in [-0.4, -0.2) is 17.6 Å². The van der Waals surface area contributed by atoms with Crippen LogP contribution in [0.15, 0.2) is 42.5 Å². The van der Waals surface area contributed by atoms with Gasteiger partial charge in [-0.15, -0.1) is 0 Å². The van der Waals surface area contributed by atoms with Crippen LogP contribution < -0.4 is 15.2 Å². The van der Waals surface area contributed by atoms with Crippen molar-refractivity contribution in [2.75, 3.05) is 6.61 Å². The first-order chi connectivity index (χ1) is 12.6. The molecule has 4 nitrogen and oxygen atoms in total. The fraction of sp³-hybridized carbons (Fsp3) is 0.500. The monoisotopic (exact) mass is 354 g/mol. The number of nitrogens with two attached hydrogens (primary N) is 1. The lowest BCUT2D eigenvalue weighted by Crippen LogP contribution is -2.29. The summed E-state index contributed by atoms with van der Waals surface area (Å²) in [4.78, 5) is 4.70. The van der Waals surface area contributed by atoms with Crippen LogP contribution in [0.3, 0.4) is 0 Å². The Morgan fingerprint density at radius 3 is 2.54 bits per heavy atom. The first kappa shape index (κ1) is 18.7. The molecular weight excluding hydrogens is 324 g/mol. The fourth-order valence-corrected chi connectivity index (χ4v) is 2.73. The Labute approximate surface area is 156 Å². The summed E-state index contributed by atoms with van der Waals surface area (Å²) < 4.78 is 12.0. The van der Waals surface area contributed by atoms with Gasteiger partial charge in [0.2, 0.25) is 0 Å². The lowest BCUT2D eigenvalue weighted by Gasteiger charge is -2.17. The van der Waals surface area contributed by atoms with Gasteiger partial charge in [0.25, 0.3) is 5.88 Å². The molecule has 2 N–H and O–H groups in total. The van der Waals surface area contributed by atoms with E-state index in [0.29, 0.717) is 30.8 Å². The maximum absolute atomic E-state index is 6.21. The molecular formula is C22H30N2O2. The summed E-state index contributed by atoms with van der Waals surface area (Å²) in [7, 11) is 0. The van der Waals surface area contributed by atoms with Crippen LogP contribution in [0, 0.1) is 11.8 Å². The Morgan fingerprint density at radius 2 is 1.85 bits per heavy atom. The van der Waals surface area contributed by atoms with Crippen molar-refractivity contribution in [3.63, 3.8) is 0 Å². The molecule has 0 amide bonds. The van der Waals surface area contributed by atoms with Crippen LogP contribution >= 0.6 is 0 Å². The molecule has 1 saturated carbocycles. The van der Waals surface area contributed by atoms with Crippen molar-refractivity contribution in [2.45, 2.75) is 52.2 Å². The molecule has 0 bridgehead atoms. The van der Waals surface area contributed by atoms with Crippen molar-refractivity contribution in [3.05, 3.63) is 53.7 Å². The first-order valence-electron chi connectivity index (χ1n) is 9.67. The summed E-state index contributed by atoms with van der Waals surface area (Å²) in [6, 6.07) is 14.2. The van der Waals surface area contributed by atoms with E-state index in [4.69, 9.17) is 20.2 Å². The van der Waals surface area contributed by atoms with Gasteiger partial charge < -0.3 is 15.2 Å². The van der Waals surface area contributed by atoms with Gasteiger partial charge in [-0.25, -0.2) is 4.98 Å². The first-order valence-corrected chi connectivity index (χ1v) is 9.67. The standard InChI is InChI=1S/C22H30N2O2/c1-16(2)20(23)14-19-10-11-21(26-15-18-6-4-3-5-7-18)22(24-19)25-13-12-17-8-9-17/h3-7,10-11,16-17,20H,8-9,12-15,23H2,1-2H3. The van der Waals surface area contributed by atoms with Gasteiger partial charge in [-0.05, 0) is 36.0 Å². The summed E-state index contributed by atoms with van der Waals surface area (Å²) in [6.07, 6.45) is 4.50. The lowest BCUT2D eigenvalue weighted by atomic mass is 10.0. The van der Waals surface area contributed by atoms with Gasteiger partial charge in [-0.3, -0.25) is 0 Å². The Hall–Kier alpha value is -2.07. The van der Waals surface area contributed by atoms with Gasteiger partial charge in [0, 0.05) is 18.2 Å². The molecule has 1 aromatic carbocycles. The lowest BCUT2D eigenvalue weighted by molar-refractivity contribution is 0.246. The SMILES string of the molecule is CC(C)C(N)Cc1ccc(OCc2ccccc2)c(OCCC2CC2)n1. The normalized spacial score (nSPS) is 15.1. The number of pyridine rings is 1. The van der Waals surface area contributed by atoms with E-state index in [-0.39, 0.29) is 6.04 Å². The number of ether oxygens (including phenoxy) is 2. The van der Waals surface area contributed by atoms with E-state index in [2.05, 4.69) is 26.0 Å². The van der Waals surface area contributed by atoms with E-state index in [9.17, 15) is 0 Å². The number of nitrogens with zero attached hydrogens (tertiary/aromatic N) is 1. The van der Waals surface area contributed by atoms with Gasteiger partial charge >= 0.3 is 0 Å². The molecule has 26 heavy (non-hydrogen) atoms. The van der Waals surface area contributed by atoms with Gasteiger partial charge in [-0.1, -0.05) is 57.0 Å². The number of aromatic nitrogens is 1. The third kappa shape index (κ3) is 5.73. The van der Waals surface area contributed by atoms with Gasteiger partial charge in [0.15, 0.2) is 5.75 Å². The second kappa shape index (κ2) is 9.04. The van der Waals surface area contributed by atoms with Crippen LogP contribution in [0.4, 0.5) is 0 Å². The maximum Gasteiger partial charge on any atom is 0.257 e. The predicted molar refractivity (Wildman–Crippen MR) is 104 cm³/mol. The Bertz CT molecular complexity index is 684. The number of hydrogen-bond acceptors (Lipinski definition) is 4. The topological polar surface area (TPSA) is 57.4 Å². The summed E-state index contributed by atoms with van der Waals surface area (Å²) >= 11 is 0. The number of hydrogen-bond donors (Lipinski definition) is 1. The third-order valence-electron chi connectivity index (χ3n) is 4.88. The Morgan fingerprint density at radius 1 is 1.08 bits per heavy atom. The highest BCUT2D eigenvalue weighted by Gasteiger charge is 2.21. The summed E-state index contributed by atoms with van der Waals surface area (Å²) in [5.74, 6) is 2.55. The smallest absolute Gasteiger partial charge is 0.257 e. The minimum atomic E-state index is 0.0953. The minimum Gasteiger partial charge on any atom is -0.483 e. The zero-order valence-corrected chi connectivity index (χ0v) is 15.9. The molecule has 1 aliphatic carbocycles. The third-order valence-corrected chi connectivity index (χ3v) is 4.88. The fourth-order valence-electron chi connectivity index (χ4n) is 2.73. The van der Waals surface area contributed by atoms with Crippen molar-refractivity contribution in [3.8, 4) is 11.6 Å². The molecule has 3 rings (SSSR count). The van der Waals surface area contributed by atoms with Crippen molar-refractivity contribution < 1.29 is 9.47 Å². The molecule has 1 atom stereocenters. The van der Waals surface area contributed by atoms with Gasteiger partial charge in [0.1, 0.15) is 6.61 Å². The second-order valence-corrected chi connectivity index (χ2v) is 7.57. The van der Waals surface area contributed by atoms with Crippen LogP contribution in [0.2, 0.25) is 0 Å². The molecule has 1 heterocycles. The van der Waals surface area contributed by atoms with Crippen LogP contribution in [0.5, 0.6) is 11.6 Å². The molecule has 0 saturated heterocycles. The zero-order chi connectivity index (χ0) is 18.4. The van der Waals surface area contributed by atoms with Crippen molar-refractivity contribution in [1.82, 2.24) is 4.98 Å².